The molecule has 3 aromatic rings. The number of rotatable bonds is 3. The highest BCUT2D eigenvalue weighted by molar-refractivity contribution is 5.79. The molecule has 0 saturated carbocycles. The first kappa shape index (κ1) is 21.9. The Bertz CT molecular complexity index is 1300. The van der Waals surface area contributed by atoms with E-state index in [0.717, 1.165) is 24.0 Å². The molecule has 176 valence electrons. The van der Waals surface area contributed by atoms with Crippen molar-refractivity contribution in [3.63, 3.8) is 0 Å². The molecule has 5 nitrogen and oxygen atoms in total. The van der Waals surface area contributed by atoms with Crippen molar-refractivity contribution in [2.24, 2.45) is 0 Å². The molecule has 2 fully saturated rings. The van der Waals surface area contributed by atoms with Crippen LogP contribution in [0.15, 0.2) is 66.7 Å². The topological polar surface area (TPSA) is 73.6 Å². The SMILES string of the molecule is Cc1cc(C2(O)CC3CCC(C2)N3C(=O)OCC2c3ccccc3-c3ccccc32)ccc1C#N. The average molecular weight is 465 g/mol. The van der Waals surface area contributed by atoms with E-state index in [1.807, 2.05) is 48.2 Å². The van der Waals surface area contributed by atoms with Gasteiger partial charge in [-0.05, 0) is 59.2 Å². The Morgan fingerprint density at radius 3 is 2.20 bits per heavy atom. The van der Waals surface area contributed by atoms with Crippen molar-refractivity contribution in [3.8, 4) is 17.2 Å². The van der Waals surface area contributed by atoms with E-state index in [0.29, 0.717) is 25.0 Å². The van der Waals surface area contributed by atoms with E-state index in [1.54, 1.807) is 6.07 Å². The van der Waals surface area contributed by atoms with Crippen LogP contribution in [0.5, 0.6) is 0 Å². The lowest BCUT2D eigenvalue weighted by atomic mass is 9.80. The van der Waals surface area contributed by atoms with Gasteiger partial charge in [0, 0.05) is 30.8 Å². The van der Waals surface area contributed by atoms with Crippen LogP contribution < -0.4 is 0 Å². The third-order valence-electron chi connectivity index (χ3n) is 8.20. The van der Waals surface area contributed by atoms with Crippen LogP contribution in [0.2, 0.25) is 0 Å². The van der Waals surface area contributed by atoms with Gasteiger partial charge in [0.1, 0.15) is 6.61 Å². The van der Waals surface area contributed by atoms with E-state index in [9.17, 15) is 15.2 Å². The lowest BCUT2D eigenvalue weighted by molar-refractivity contribution is -0.0531. The average Bonchev–Trinajstić information content (AvgIpc) is 3.34. The van der Waals surface area contributed by atoms with Crippen molar-refractivity contribution >= 4 is 6.09 Å². The summed E-state index contributed by atoms with van der Waals surface area (Å²) in [5.74, 6) is 0.0346. The van der Waals surface area contributed by atoms with Crippen molar-refractivity contribution in [3.05, 3.63) is 94.5 Å². The molecular formula is C30H28N2O3. The fraction of sp³-hybridized carbons (Fsp3) is 0.333. The van der Waals surface area contributed by atoms with Crippen LogP contribution in [0.3, 0.4) is 0 Å². The molecule has 0 aromatic heterocycles. The first-order chi connectivity index (χ1) is 17.0. The predicted octanol–water partition coefficient (Wildman–Crippen LogP) is 5.63. The molecule has 0 radical (unpaired) electrons. The van der Waals surface area contributed by atoms with Gasteiger partial charge in [-0.15, -0.1) is 0 Å². The highest BCUT2D eigenvalue weighted by Crippen LogP contribution is 2.47. The van der Waals surface area contributed by atoms with E-state index in [1.165, 1.54) is 22.3 Å². The van der Waals surface area contributed by atoms with Crippen LogP contribution in [-0.2, 0) is 10.3 Å². The van der Waals surface area contributed by atoms with E-state index >= 15 is 0 Å². The number of benzene rings is 3. The van der Waals surface area contributed by atoms with Crippen LogP contribution in [0.4, 0.5) is 4.79 Å². The first-order valence-corrected chi connectivity index (χ1v) is 12.4. The van der Waals surface area contributed by atoms with E-state index in [4.69, 9.17) is 4.74 Å². The van der Waals surface area contributed by atoms with Gasteiger partial charge in [-0.2, -0.15) is 5.26 Å². The molecule has 2 atom stereocenters. The second-order valence-corrected chi connectivity index (χ2v) is 10.2. The summed E-state index contributed by atoms with van der Waals surface area (Å²) in [5, 5.41) is 20.8. The molecule has 35 heavy (non-hydrogen) atoms. The number of nitriles is 1. The summed E-state index contributed by atoms with van der Waals surface area (Å²) in [4.78, 5) is 15.2. The molecule has 2 aliphatic heterocycles. The van der Waals surface area contributed by atoms with Gasteiger partial charge in [-0.3, -0.25) is 0 Å². The van der Waals surface area contributed by atoms with Crippen LogP contribution in [0, 0.1) is 18.3 Å². The molecule has 1 amide bonds. The molecule has 6 rings (SSSR count). The summed E-state index contributed by atoms with van der Waals surface area (Å²) < 4.78 is 5.95. The van der Waals surface area contributed by atoms with E-state index < -0.39 is 5.60 Å². The largest absolute Gasteiger partial charge is 0.448 e. The molecule has 3 aromatic carbocycles. The van der Waals surface area contributed by atoms with Crippen molar-refractivity contribution in [2.45, 2.75) is 56.2 Å². The number of fused-ring (bicyclic) bond motifs is 5. The summed E-state index contributed by atoms with van der Waals surface area (Å²) >= 11 is 0. The zero-order valence-electron chi connectivity index (χ0n) is 19.8. The van der Waals surface area contributed by atoms with E-state index in [-0.39, 0.29) is 24.1 Å². The number of ether oxygens (including phenoxy) is 1. The number of carbonyl (C=O) groups excluding carboxylic acids is 1. The summed E-state index contributed by atoms with van der Waals surface area (Å²) in [6.07, 6.45) is 2.43. The number of carbonyl (C=O) groups is 1. The van der Waals surface area contributed by atoms with Crippen molar-refractivity contribution in [1.82, 2.24) is 4.90 Å². The number of aryl methyl sites for hydroxylation is 1. The number of hydrogen-bond acceptors (Lipinski definition) is 4. The third-order valence-corrected chi connectivity index (χ3v) is 8.20. The van der Waals surface area contributed by atoms with Gasteiger partial charge in [0.2, 0.25) is 0 Å². The lowest BCUT2D eigenvalue weighted by Crippen LogP contribution is -2.52. The molecule has 2 saturated heterocycles. The van der Waals surface area contributed by atoms with Crippen molar-refractivity contribution in [2.75, 3.05) is 6.61 Å². The van der Waals surface area contributed by atoms with Gasteiger partial charge in [-0.25, -0.2) is 4.79 Å². The highest BCUT2D eigenvalue weighted by Gasteiger charge is 2.50. The Morgan fingerprint density at radius 2 is 1.63 bits per heavy atom. The smallest absolute Gasteiger partial charge is 0.410 e. The van der Waals surface area contributed by atoms with Gasteiger partial charge >= 0.3 is 6.09 Å². The standard InChI is InChI=1S/C30H28N2O3/c1-19-14-21(11-10-20(19)17-31)30(34)15-22-12-13-23(16-30)32(22)29(33)35-18-28-26-8-4-2-6-24(26)25-7-3-5-9-27(25)28/h2-11,14,22-23,28,34H,12-13,15-16,18H2,1H3. The zero-order valence-corrected chi connectivity index (χ0v) is 19.8. The summed E-state index contributed by atoms with van der Waals surface area (Å²) in [5.41, 5.74) is 6.15. The maximum absolute atomic E-state index is 13.3. The zero-order chi connectivity index (χ0) is 24.2. The fourth-order valence-electron chi connectivity index (χ4n) is 6.51. The maximum atomic E-state index is 13.3. The molecule has 3 aliphatic rings. The first-order valence-electron chi connectivity index (χ1n) is 12.4. The third kappa shape index (κ3) is 3.52. The molecule has 2 bridgehead atoms. The Balaban J connectivity index is 1.18. The van der Waals surface area contributed by atoms with Gasteiger partial charge in [-0.1, -0.05) is 60.7 Å². The van der Waals surface area contributed by atoms with Gasteiger partial charge in [0.15, 0.2) is 0 Å². The Labute approximate surface area is 205 Å². The summed E-state index contributed by atoms with van der Waals surface area (Å²) in [6.45, 7) is 2.20. The quantitative estimate of drug-likeness (QED) is 0.545. The van der Waals surface area contributed by atoms with E-state index in [2.05, 4.69) is 30.3 Å². The summed E-state index contributed by atoms with van der Waals surface area (Å²) in [7, 11) is 0. The molecule has 2 heterocycles. The highest BCUT2D eigenvalue weighted by atomic mass is 16.6. The Kier molecular flexibility index (Phi) is 5.16. The number of amides is 1. The van der Waals surface area contributed by atoms with Crippen molar-refractivity contribution in [1.29, 1.82) is 5.26 Å². The molecule has 0 spiro atoms. The minimum atomic E-state index is -0.995. The van der Waals surface area contributed by atoms with Crippen LogP contribution in [0.25, 0.3) is 11.1 Å². The number of piperidine rings is 1. The van der Waals surface area contributed by atoms with Gasteiger partial charge in [0.05, 0.1) is 17.2 Å². The molecule has 1 N–H and O–H groups in total. The lowest BCUT2D eigenvalue weighted by Gasteiger charge is -2.43. The van der Waals surface area contributed by atoms with Gasteiger partial charge < -0.3 is 14.7 Å². The maximum Gasteiger partial charge on any atom is 0.410 e. The Morgan fingerprint density at radius 1 is 1.03 bits per heavy atom. The second-order valence-electron chi connectivity index (χ2n) is 10.2. The number of aliphatic hydroxyl groups is 1. The Hall–Kier alpha value is -3.62. The monoisotopic (exact) mass is 464 g/mol. The minimum absolute atomic E-state index is 0.0346. The van der Waals surface area contributed by atoms with Crippen LogP contribution >= 0.6 is 0 Å². The van der Waals surface area contributed by atoms with Crippen LogP contribution in [-0.4, -0.2) is 34.8 Å². The molecular weight excluding hydrogens is 436 g/mol. The fourth-order valence-corrected chi connectivity index (χ4v) is 6.51. The number of nitrogens with zero attached hydrogens (tertiary/aromatic N) is 2. The van der Waals surface area contributed by atoms with Crippen LogP contribution in [0.1, 0.15) is 59.4 Å². The van der Waals surface area contributed by atoms with Crippen molar-refractivity contribution < 1.29 is 14.6 Å². The molecule has 2 unspecified atom stereocenters. The normalized spacial score (nSPS) is 24.5. The predicted molar refractivity (Wildman–Crippen MR) is 133 cm³/mol. The molecule has 1 aliphatic carbocycles. The second kappa shape index (κ2) is 8.25. The minimum Gasteiger partial charge on any atom is -0.448 e. The number of hydrogen-bond donors (Lipinski definition) is 1. The molecule has 5 heteroatoms. The van der Waals surface area contributed by atoms with Gasteiger partial charge in [0.25, 0.3) is 0 Å². The summed E-state index contributed by atoms with van der Waals surface area (Å²) in [6, 6.07) is 24.3.